The van der Waals surface area contributed by atoms with Crippen LogP contribution in [0.2, 0.25) is 0 Å². The van der Waals surface area contributed by atoms with E-state index in [2.05, 4.69) is 5.32 Å². The largest absolute Gasteiger partial charge is 0.322 e. The lowest BCUT2D eigenvalue weighted by atomic mass is 9.96. The molecule has 2 heterocycles. The van der Waals surface area contributed by atoms with Gasteiger partial charge in [-0.15, -0.1) is 0 Å². The van der Waals surface area contributed by atoms with Gasteiger partial charge in [0.25, 0.3) is 5.91 Å². The van der Waals surface area contributed by atoms with Gasteiger partial charge in [0.1, 0.15) is 0 Å². The predicted octanol–water partition coefficient (Wildman–Crippen LogP) is 3.61. The number of nitrogens with one attached hydrogen (secondary N) is 1. The van der Waals surface area contributed by atoms with E-state index in [4.69, 9.17) is 0 Å². The molecule has 0 fully saturated rings. The highest BCUT2D eigenvalue weighted by Gasteiger charge is 2.37. The van der Waals surface area contributed by atoms with Gasteiger partial charge in [-0.1, -0.05) is 0 Å². The molecular weight excluding hydrogens is 326 g/mol. The lowest BCUT2D eigenvalue weighted by molar-refractivity contribution is -0.119. The predicted molar refractivity (Wildman–Crippen MR) is 89.8 cm³/mol. The molecule has 0 bridgehead atoms. The fourth-order valence-corrected chi connectivity index (χ4v) is 3.61. The Hall–Kier alpha value is -2.76. The Morgan fingerprint density at radius 1 is 1.20 bits per heavy atom. The molecular formula is C19H16F2N2O2. The molecule has 0 radical (unpaired) electrons. The molecule has 1 atom stereocenters. The number of rotatable bonds is 2. The van der Waals surface area contributed by atoms with Gasteiger partial charge in [0.15, 0.2) is 11.6 Å². The van der Waals surface area contributed by atoms with Gasteiger partial charge in [0.05, 0.1) is 11.6 Å². The molecule has 0 aromatic heterocycles. The van der Waals surface area contributed by atoms with Crippen molar-refractivity contribution >= 4 is 23.2 Å². The maximum Gasteiger partial charge on any atom is 0.255 e. The summed E-state index contributed by atoms with van der Waals surface area (Å²) in [6.07, 6.45) is 1.72. The summed E-state index contributed by atoms with van der Waals surface area (Å²) in [7, 11) is 0. The number of hydrogen-bond donors (Lipinski definition) is 1. The molecule has 0 saturated carbocycles. The summed E-state index contributed by atoms with van der Waals surface area (Å²) in [5, 5.41) is 2.73. The highest BCUT2D eigenvalue weighted by Crippen LogP contribution is 2.44. The second-order valence-electron chi connectivity index (χ2n) is 6.47. The van der Waals surface area contributed by atoms with Crippen molar-refractivity contribution in [3.05, 3.63) is 58.7 Å². The summed E-state index contributed by atoms with van der Waals surface area (Å²) in [6.45, 7) is 2.58. The number of carbonyl (C=O) groups excluding carboxylic acids is 2. The molecule has 4 rings (SSSR count). The molecule has 4 nitrogen and oxygen atoms in total. The standard InChI is InChI=1S/C19H16F2N2O2/c1-10-14-9-13(7-11-3-2-6-23(17(11)14)19(10)25)22-18(24)12-4-5-15(20)16(21)8-12/h4-5,7-10H,2-3,6H2,1H3,(H,22,24). The molecule has 2 aliphatic heterocycles. The van der Waals surface area contributed by atoms with E-state index in [0.717, 1.165) is 48.3 Å². The molecule has 0 saturated heterocycles. The SMILES string of the molecule is CC1C(=O)N2CCCc3cc(NC(=O)c4ccc(F)c(F)c4)cc1c32. The summed E-state index contributed by atoms with van der Waals surface area (Å²) in [5.74, 6) is -2.74. The van der Waals surface area contributed by atoms with Crippen molar-refractivity contribution in [2.45, 2.75) is 25.7 Å². The molecule has 2 aliphatic rings. The summed E-state index contributed by atoms with van der Waals surface area (Å²) in [6, 6.07) is 6.68. The fraction of sp³-hybridized carbons (Fsp3) is 0.263. The van der Waals surface area contributed by atoms with Crippen LogP contribution in [0.15, 0.2) is 30.3 Å². The van der Waals surface area contributed by atoms with Gasteiger partial charge in [-0.05, 0) is 61.2 Å². The Morgan fingerprint density at radius 3 is 2.76 bits per heavy atom. The first-order valence-corrected chi connectivity index (χ1v) is 8.20. The van der Waals surface area contributed by atoms with Gasteiger partial charge in [0, 0.05) is 17.8 Å². The summed E-state index contributed by atoms with van der Waals surface area (Å²) >= 11 is 0. The smallest absolute Gasteiger partial charge is 0.255 e. The maximum absolute atomic E-state index is 13.3. The first-order chi connectivity index (χ1) is 12.0. The number of halogens is 2. The Morgan fingerprint density at radius 2 is 2.00 bits per heavy atom. The fourth-order valence-electron chi connectivity index (χ4n) is 3.61. The lowest BCUT2D eigenvalue weighted by Gasteiger charge is -2.26. The lowest BCUT2D eigenvalue weighted by Crippen LogP contribution is -2.32. The Kier molecular flexibility index (Phi) is 3.56. The number of benzene rings is 2. The minimum absolute atomic E-state index is 0.0406. The molecule has 6 heteroatoms. The Labute approximate surface area is 143 Å². The first-order valence-electron chi connectivity index (χ1n) is 8.20. The second-order valence-corrected chi connectivity index (χ2v) is 6.47. The normalized spacial score (nSPS) is 18.3. The van der Waals surface area contributed by atoms with Gasteiger partial charge in [0.2, 0.25) is 5.91 Å². The summed E-state index contributed by atoms with van der Waals surface area (Å²) in [5.41, 5.74) is 3.50. The van der Waals surface area contributed by atoms with Crippen LogP contribution in [0.25, 0.3) is 0 Å². The van der Waals surface area contributed by atoms with E-state index < -0.39 is 17.5 Å². The van der Waals surface area contributed by atoms with Crippen LogP contribution in [0.1, 0.15) is 40.7 Å². The van der Waals surface area contributed by atoms with Crippen LogP contribution in [0, 0.1) is 11.6 Å². The van der Waals surface area contributed by atoms with Crippen LogP contribution >= 0.6 is 0 Å². The van der Waals surface area contributed by atoms with Crippen LogP contribution in [0.3, 0.4) is 0 Å². The van der Waals surface area contributed by atoms with Gasteiger partial charge >= 0.3 is 0 Å². The summed E-state index contributed by atoms with van der Waals surface area (Å²) in [4.78, 5) is 26.5. The van der Waals surface area contributed by atoms with Crippen LogP contribution in [0.5, 0.6) is 0 Å². The van der Waals surface area contributed by atoms with Gasteiger partial charge < -0.3 is 10.2 Å². The average molecular weight is 342 g/mol. The van der Waals surface area contributed by atoms with Crippen LogP contribution < -0.4 is 10.2 Å². The van der Waals surface area contributed by atoms with Crippen molar-refractivity contribution in [3.63, 3.8) is 0 Å². The minimum atomic E-state index is -1.06. The number of carbonyl (C=O) groups is 2. The van der Waals surface area contributed by atoms with E-state index in [1.807, 2.05) is 17.9 Å². The minimum Gasteiger partial charge on any atom is -0.322 e. The van der Waals surface area contributed by atoms with Crippen LogP contribution in [-0.2, 0) is 11.2 Å². The molecule has 0 aliphatic carbocycles. The van der Waals surface area contributed by atoms with Gasteiger partial charge in [-0.3, -0.25) is 9.59 Å². The van der Waals surface area contributed by atoms with E-state index >= 15 is 0 Å². The molecule has 128 valence electrons. The highest BCUT2D eigenvalue weighted by molar-refractivity contribution is 6.08. The molecule has 2 aromatic carbocycles. The Bertz CT molecular complexity index is 911. The van der Waals surface area contributed by atoms with Crippen LogP contribution in [0.4, 0.5) is 20.2 Å². The number of hydrogen-bond acceptors (Lipinski definition) is 2. The molecule has 2 aromatic rings. The van der Waals surface area contributed by atoms with Gasteiger partial charge in [-0.25, -0.2) is 8.78 Å². The van der Waals surface area contributed by atoms with Crippen molar-refractivity contribution in [2.75, 3.05) is 16.8 Å². The maximum atomic E-state index is 13.3. The van der Waals surface area contributed by atoms with E-state index in [9.17, 15) is 18.4 Å². The quantitative estimate of drug-likeness (QED) is 0.906. The van der Waals surface area contributed by atoms with Crippen molar-refractivity contribution in [1.29, 1.82) is 0 Å². The van der Waals surface area contributed by atoms with E-state index in [0.29, 0.717) is 5.69 Å². The highest BCUT2D eigenvalue weighted by atomic mass is 19.2. The molecule has 1 N–H and O–H groups in total. The Balaban J connectivity index is 1.67. The van der Waals surface area contributed by atoms with E-state index in [1.165, 1.54) is 6.07 Å². The summed E-state index contributed by atoms with van der Waals surface area (Å²) < 4.78 is 26.3. The van der Waals surface area contributed by atoms with Crippen LogP contribution in [-0.4, -0.2) is 18.4 Å². The van der Waals surface area contributed by atoms with Crippen molar-refractivity contribution in [1.82, 2.24) is 0 Å². The number of amides is 2. The zero-order valence-corrected chi connectivity index (χ0v) is 13.6. The molecule has 2 amide bonds. The topological polar surface area (TPSA) is 49.4 Å². The van der Waals surface area contributed by atoms with E-state index in [-0.39, 0.29) is 17.4 Å². The third kappa shape index (κ3) is 2.49. The number of nitrogens with zero attached hydrogens (tertiary/aromatic N) is 1. The van der Waals surface area contributed by atoms with Crippen molar-refractivity contribution in [2.24, 2.45) is 0 Å². The first kappa shape index (κ1) is 15.7. The number of aryl methyl sites for hydroxylation is 1. The van der Waals surface area contributed by atoms with Crippen molar-refractivity contribution in [3.8, 4) is 0 Å². The zero-order chi connectivity index (χ0) is 17.7. The third-order valence-corrected chi connectivity index (χ3v) is 4.86. The van der Waals surface area contributed by atoms with Crippen molar-refractivity contribution < 1.29 is 18.4 Å². The third-order valence-electron chi connectivity index (χ3n) is 4.86. The second kappa shape index (κ2) is 5.65. The van der Waals surface area contributed by atoms with Gasteiger partial charge in [-0.2, -0.15) is 0 Å². The molecule has 1 unspecified atom stereocenters. The number of anilines is 2. The molecule has 0 spiro atoms. The van der Waals surface area contributed by atoms with E-state index in [1.54, 1.807) is 6.07 Å². The molecule has 25 heavy (non-hydrogen) atoms. The average Bonchev–Trinajstić information content (AvgIpc) is 2.84. The monoisotopic (exact) mass is 342 g/mol. The zero-order valence-electron chi connectivity index (χ0n) is 13.6.